The molecule has 1 aromatic heterocycles. The van der Waals surface area contributed by atoms with Gasteiger partial charge in [0, 0.05) is 0 Å². The third-order valence-electron chi connectivity index (χ3n) is 4.92. The van der Waals surface area contributed by atoms with Crippen LogP contribution in [0, 0.1) is 0 Å². The lowest BCUT2D eigenvalue weighted by Crippen LogP contribution is -2.19. The summed E-state index contributed by atoms with van der Waals surface area (Å²) in [6.45, 7) is 0. The number of rotatable bonds is 5. The molecule has 0 atom stereocenters. The first-order chi connectivity index (χ1) is 13.0. The Hall–Kier alpha value is -3.61. The zero-order chi connectivity index (χ0) is 19.0. The molecule has 1 aliphatic carbocycles. The molecule has 1 heterocycles. The van der Waals surface area contributed by atoms with Crippen LogP contribution in [0.5, 0.6) is 0 Å². The number of anilines is 1. The van der Waals surface area contributed by atoms with Gasteiger partial charge < -0.3 is 14.7 Å². The molecule has 0 aliphatic heterocycles. The maximum Gasteiger partial charge on any atom is 0.411 e. The summed E-state index contributed by atoms with van der Waals surface area (Å²) in [6.07, 6.45) is 1.60. The molecular weight excluding hydrogens is 348 g/mol. The standard InChI is InChI=1S/C20H16N2O5/c23-18(24)20(9-10-20)15-7-5-13(6-8-15)12-1-3-14(4-2-12)16-11-21-27-17(16)22-19(25)26/h1-8,11,22H,9-10H2,(H,23,24)(H,25,26). The fourth-order valence-electron chi connectivity index (χ4n) is 3.21. The number of hydrogen-bond donors (Lipinski definition) is 3. The van der Waals surface area contributed by atoms with Crippen molar-refractivity contribution in [3.8, 4) is 22.3 Å². The molecule has 27 heavy (non-hydrogen) atoms. The number of carboxylic acid groups (broad SMARTS) is 2. The van der Waals surface area contributed by atoms with E-state index >= 15 is 0 Å². The number of aromatic nitrogens is 1. The van der Waals surface area contributed by atoms with Gasteiger partial charge in [-0.2, -0.15) is 0 Å². The summed E-state index contributed by atoms with van der Waals surface area (Å²) >= 11 is 0. The zero-order valence-corrected chi connectivity index (χ0v) is 14.2. The van der Waals surface area contributed by atoms with E-state index in [0.717, 1.165) is 22.3 Å². The minimum Gasteiger partial charge on any atom is -0.481 e. The molecule has 0 saturated heterocycles. The van der Waals surface area contributed by atoms with Crippen LogP contribution in [-0.2, 0) is 10.2 Å². The van der Waals surface area contributed by atoms with Crippen LogP contribution in [0.4, 0.5) is 10.7 Å². The number of amides is 1. The second kappa shape index (κ2) is 6.28. The first-order valence-corrected chi connectivity index (χ1v) is 8.39. The van der Waals surface area contributed by atoms with Crippen LogP contribution < -0.4 is 5.32 Å². The molecule has 0 bridgehead atoms. The molecule has 1 amide bonds. The second-order valence-electron chi connectivity index (χ2n) is 6.54. The highest BCUT2D eigenvalue weighted by Crippen LogP contribution is 2.48. The predicted molar refractivity (Wildman–Crippen MR) is 97.6 cm³/mol. The Kier molecular flexibility index (Phi) is 3.92. The Bertz CT molecular complexity index is 1000. The van der Waals surface area contributed by atoms with E-state index in [0.29, 0.717) is 18.4 Å². The minimum absolute atomic E-state index is 0.0722. The van der Waals surface area contributed by atoms with Gasteiger partial charge in [0.2, 0.25) is 5.88 Å². The lowest BCUT2D eigenvalue weighted by Gasteiger charge is -2.11. The first-order valence-electron chi connectivity index (χ1n) is 8.39. The number of carboxylic acids is 1. The van der Waals surface area contributed by atoms with Crippen molar-refractivity contribution in [1.82, 2.24) is 5.16 Å². The molecule has 0 unspecified atom stereocenters. The third kappa shape index (κ3) is 3.03. The van der Waals surface area contributed by atoms with Gasteiger partial charge in [0.05, 0.1) is 17.2 Å². The zero-order valence-electron chi connectivity index (χ0n) is 14.2. The van der Waals surface area contributed by atoms with E-state index in [2.05, 4.69) is 10.5 Å². The van der Waals surface area contributed by atoms with Crippen LogP contribution in [0.2, 0.25) is 0 Å². The molecule has 1 fully saturated rings. The Morgan fingerprint density at radius 2 is 1.48 bits per heavy atom. The first kappa shape index (κ1) is 16.8. The molecule has 7 nitrogen and oxygen atoms in total. The normalized spacial score (nSPS) is 14.5. The van der Waals surface area contributed by atoms with Crippen molar-refractivity contribution in [2.24, 2.45) is 0 Å². The summed E-state index contributed by atoms with van der Waals surface area (Å²) in [4.78, 5) is 22.2. The molecule has 4 rings (SSSR count). The van der Waals surface area contributed by atoms with Crippen LogP contribution in [0.1, 0.15) is 18.4 Å². The average Bonchev–Trinajstić information content (AvgIpc) is 3.36. The Morgan fingerprint density at radius 1 is 0.926 bits per heavy atom. The summed E-state index contributed by atoms with van der Waals surface area (Å²) in [5, 5.41) is 24.0. The van der Waals surface area contributed by atoms with Crippen molar-refractivity contribution in [3.63, 3.8) is 0 Å². The molecule has 0 radical (unpaired) electrons. The summed E-state index contributed by atoms with van der Waals surface area (Å²) in [5.41, 5.74) is 3.39. The van der Waals surface area contributed by atoms with Gasteiger partial charge in [-0.25, -0.2) is 4.79 Å². The topological polar surface area (TPSA) is 113 Å². The number of nitrogens with zero attached hydrogens (tertiary/aromatic N) is 1. The summed E-state index contributed by atoms with van der Waals surface area (Å²) in [5.74, 6) is -0.692. The lowest BCUT2D eigenvalue weighted by molar-refractivity contribution is -0.140. The molecule has 3 aromatic rings. The number of hydrogen-bond acceptors (Lipinski definition) is 4. The smallest absolute Gasteiger partial charge is 0.411 e. The Labute approximate surface area is 154 Å². The van der Waals surface area contributed by atoms with Gasteiger partial charge in [-0.3, -0.25) is 10.1 Å². The van der Waals surface area contributed by atoms with E-state index in [1.807, 2.05) is 48.5 Å². The van der Waals surface area contributed by atoms with Gasteiger partial charge in [0.15, 0.2) is 0 Å². The number of carbonyl (C=O) groups is 2. The predicted octanol–water partition coefficient (Wildman–Crippen LogP) is 4.21. The molecule has 7 heteroatoms. The van der Waals surface area contributed by atoms with Crippen LogP contribution in [-0.4, -0.2) is 27.4 Å². The molecule has 3 N–H and O–H groups in total. The fourth-order valence-corrected chi connectivity index (χ4v) is 3.21. The van der Waals surface area contributed by atoms with Crippen LogP contribution in [0.3, 0.4) is 0 Å². The van der Waals surface area contributed by atoms with Gasteiger partial charge >= 0.3 is 12.1 Å². The fraction of sp³-hybridized carbons (Fsp3) is 0.150. The van der Waals surface area contributed by atoms with E-state index < -0.39 is 17.5 Å². The monoisotopic (exact) mass is 364 g/mol. The molecule has 1 aliphatic rings. The quantitative estimate of drug-likeness (QED) is 0.625. The van der Waals surface area contributed by atoms with Crippen molar-refractivity contribution in [2.75, 3.05) is 5.32 Å². The third-order valence-corrected chi connectivity index (χ3v) is 4.92. The van der Waals surface area contributed by atoms with E-state index in [-0.39, 0.29) is 5.88 Å². The van der Waals surface area contributed by atoms with Gasteiger partial charge in [0.1, 0.15) is 0 Å². The number of nitrogens with one attached hydrogen (secondary N) is 1. The SMILES string of the molecule is O=C(O)Nc1oncc1-c1ccc(-c2ccc(C3(C(=O)O)CC3)cc2)cc1. The lowest BCUT2D eigenvalue weighted by atomic mass is 9.93. The van der Waals surface area contributed by atoms with Crippen molar-refractivity contribution in [3.05, 3.63) is 60.3 Å². The van der Waals surface area contributed by atoms with Crippen LogP contribution in [0.15, 0.2) is 59.3 Å². The maximum absolute atomic E-state index is 11.4. The van der Waals surface area contributed by atoms with Crippen molar-refractivity contribution < 1.29 is 24.3 Å². The molecule has 1 saturated carbocycles. The van der Waals surface area contributed by atoms with Crippen molar-refractivity contribution in [1.29, 1.82) is 0 Å². The summed E-state index contributed by atoms with van der Waals surface area (Å²) < 4.78 is 4.93. The number of aliphatic carboxylic acids is 1. The van der Waals surface area contributed by atoms with Gasteiger partial charge in [-0.05, 0) is 35.1 Å². The highest BCUT2D eigenvalue weighted by Gasteiger charge is 2.51. The largest absolute Gasteiger partial charge is 0.481 e. The average molecular weight is 364 g/mol. The highest BCUT2D eigenvalue weighted by atomic mass is 16.5. The molecule has 136 valence electrons. The maximum atomic E-state index is 11.4. The van der Waals surface area contributed by atoms with Crippen molar-refractivity contribution >= 4 is 17.9 Å². The van der Waals surface area contributed by atoms with Crippen LogP contribution >= 0.6 is 0 Å². The van der Waals surface area contributed by atoms with E-state index in [9.17, 15) is 14.7 Å². The second-order valence-corrected chi connectivity index (χ2v) is 6.54. The molecular formula is C20H16N2O5. The van der Waals surface area contributed by atoms with Gasteiger partial charge in [0.25, 0.3) is 0 Å². The Morgan fingerprint density at radius 3 is 2.00 bits per heavy atom. The summed E-state index contributed by atoms with van der Waals surface area (Å²) in [7, 11) is 0. The van der Waals surface area contributed by atoms with E-state index in [4.69, 9.17) is 9.63 Å². The Balaban J connectivity index is 1.57. The van der Waals surface area contributed by atoms with Crippen molar-refractivity contribution in [2.45, 2.75) is 18.3 Å². The van der Waals surface area contributed by atoms with Gasteiger partial charge in [-0.15, -0.1) is 0 Å². The summed E-state index contributed by atoms with van der Waals surface area (Å²) in [6, 6.07) is 15.1. The van der Waals surface area contributed by atoms with Crippen LogP contribution in [0.25, 0.3) is 22.3 Å². The molecule has 2 aromatic carbocycles. The van der Waals surface area contributed by atoms with E-state index in [1.54, 1.807) is 0 Å². The highest BCUT2D eigenvalue weighted by molar-refractivity contribution is 5.88. The van der Waals surface area contributed by atoms with E-state index in [1.165, 1.54) is 6.20 Å². The number of benzene rings is 2. The van der Waals surface area contributed by atoms with Gasteiger partial charge in [-0.1, -0.05) is 53.7 Å². The minimum atomic E-state index is -1.22. The molecule has 0 spiro atoms.